The van der Waals surface area contributed by atoms with Crippen LogP contribution >= 0.6 is 0 Å². The maximum absolute atomic E-state index is 11.4. The Morgan fingerprint density at radius 1 is 1.47 bits per heavy atom. The molecule has 1 aliphatic carbocycles. The first-order valence-corrected chi connectivity index (χ1v) is 8.62. The minimum absolute atomic E-state index is 0.253. The molecule has 1 aliphatic rings. The van der Waals surface area contributed by atoms with E-state index in [1.807, 2.05) is 0 Å². The Bertz CT molecular complexity index is 522. The van der Waals surface area contributed by atoms with Gasteiger partial charge in [0, 0.05) is 18.7 Å². The molecule has 0 bridgehead atoms. The van der Waals surface area contributed by atoms with Crippen molar-refractivity contribution in [1.29, 1.82) is 0 Å². The summed E-state index contributed by atoms with van der Waals surface area (Å²) in [5, 5.41) is 6.48. The van der Waals surface area contributed by atoms with Gasteiger partial charge in [0.1, 0.15) is 5.25 Å². The van der Waals surface area contributed by atoms with Crippen LogP contribution in [0.4, 0.5) is 0 Å². The molecule has 1 aromatic heterocycles. The minimum Gasteiger partial charge on any atom is -0.339 e. The number of hydrogen-bond donors (Lipinski definition) is 1. The van der Waals surface area contributed by atoms with E-state index >= 15 is 0 Å². The maximum atomic E-state index is 11.4. The molecule has 1 heterocycles. The van der Waals surface area contributed by atoms with Crippen molar-refractivity contribution < 1.29 is 12.9 Å². The number of aromatic nitrogens is 2. The van der Waals surface area contributed by atoms with Crippen LogP contribution in [-0.2, 0) is 16.3 Å². The second kappa shape index (κ2) is 5.58. The Kier molecular flexibility index (Phi) is 4.25. The summed E-state index contributed by atoms with van der Waals surface area (Å²) in [5.41, 5.74) is 0. The van der Waals surface area contributed by atoms with Crippen LogP contribution in [0.25, 0.3) is 0 Å². The van der Waals surface area contributed by atoms with Gasteiger partial charge in [-0.15, -0.1) is 0 Å². The highest BCUT2D eigenvalue weighted by Crippen LogP contribution is 2.34. The number of sulfone groups is 1. The first-order chi connectivity index (χ1) is 8.91. The van der Waals surface area contributed by atoms with Crippen LogP contribution in [0.5, 0.6) is 0 Å². The molecule has 1 N–H and O–H groups in total. The predicted octanol–water partition coefficient (Wildman–Crippen LogP) is 1.11. The molecule has 0 spiro atoms. The summed E-state index contributed by atoms with van der Waals surface area (Å²) in [6.07, 6.45) is 4.32. The lowest BCUT2D eigenvalue weighted by molar-refractivity contribution is 0.344. The van der Waals surface area contributed by atoms with Gasteiger partial charge < -0.3 is 9.84 Å². The third kappa shape index (κ3) is 3.76. The Hall–Kier alpha value is -0.950. The summed E-state index contributed by atoms with van der Waals surface area (Å²) < 4.78 is 28.1. The molecule has 0 aliphatic heterocycles. The average Bonchev–Trinajstić information content (AvgIpc) is 3.07. The van der Waals surface area contributed by atoms with E-state index in [9.17, 15) is 8.42 Å². The van der Waals surface area contributed by atoms with Crippen LogP contribution in [0.3, 0.4) is 0 Å². The van der Waals surface area contributed by atoms with Crippen LogP contribution < -0.4 is 5.32 Å². The Labute approximate surface area is 113 Å². The van der Waals surface area contributed by atoms with Crippen molar-refractivity contribution in [1.82, 2.24) is 15.5 Å². The smallest absolute Gasteiger partial charge is 0.228 e. The Morgan fingerprint density at radius 3 is 2.68 bits per heavy atom. The molecule has 1 saturated carbocycles. The van der Waals surface area contributed by atoms with Crippen molar-refractivity contribution in [2.24, 2.45) is 5.92 Å². The van der Waals surface area contributed by atoms with Gasteiger partial charge in [0.05, 0.1) is 0 Å². The molecular weight excluding hydrogens is 266 g/mol. The summed E-state index contributed by atoms with van der Waals surface area (Å²) in [7, 11) is -3.19. The highest BCUT2D eigenvalue weighted by Gasteiger charge is 2.32. The lowest BCUT2D eigenvalue weighted by Crippen LogP contribution is -2.33. The van der Waals surface area contributed by atoms with E-state index in [2.05, 4.69) is 22.4 Å². The van der Waals surface area contributed by atoms with E-state index in [0.717, 1.165) is 6.54 Å². The van der Waals surface area contributed by atoms with Gasteiger partial charge in [-0.2, -0.15) is 4.98 Å². The fourth-order valence-electron chi connectivity index (χ4n) is 2.06. The van der Waals surface area contributed by atoms with Gasteiger partial charge in [-0.25, -0.2) is 8.42 Å². The SMILES string of the molecule is CCNC(Cc1nc(C(C)S(C)(=O)=O)no1)C1CC1. The van der Waals surface area contributed by atoms with Crippen molar-refractivity contribution in [3.05, 3.63) is 11.7 Å². The average molecular weight is 287 g/mol. The number of hydrogen-bond acceptors (Lipinski definition) is 6. The number of nitrogens with zero attached hydrogens (tertiary/aromatic N) is 2. The van der Waals surface area contributed by atoms with Gasteiger partial charge in [0.2, 0.25) is 5.89 Å². The van der Waals surface area contributed by atoms with Crippen LogP contribution in [0.1, 0.15) is 43.7 Å². The molecule has 1 aromatic rings. The topological polar surface area (TPSA) is 85.1 Å². The fourth-order valence-corrected chi connectivity index (χ4v) is 2.54. The van der Waals surface area contributed by atoms with Crippen molar-refractivity contribution >= 4 is 9.84 Å². The van der Waals surface area contributed by atoms with Gasteiger partial charge in [0.15, 0.2) is 15.7 Å². The van der Waals surface area contributed by atoms with Gasteiger partial charge in [-0.05, 0) is 32.2 Å². The first-order valence-electron chi connectivity index (χ1n) is 6.66. The Balaban J connectivity index is 2.04. The zero-order valence-corrected chi connectivity index (χ0v) is 12.4. The molecule has 108 valence electrons. The van der Waals surface area contributed by atoms with E-state index in [4.69, 9.17) is 4.52 Å². The molecule has 2 unspecified atom stereocenters. The summed E-state index contributed by atoms with van der Waals surface area (Å²) in [6.45, 7) is 4.55. The lowest BCUT2D eigenvalue weighted by atomic mass is 10.1. The molecule has 0 aromatic carbocycles. The summed E-state index contributed by atoms with van der Waals surface area (Å²) in [5.74, 6) is 1.45. The maximum Gasteiger partial charge on any atom is 0.228 e. The van der Waals surface area contributed by atoms with Gasteiger partial charge in [0.25, 0.3) is 0 Å². The lowest BCUT2D eigenvalue weighted by Gasteiger charge is -2.14. The van der Waals surface area contributed by atoms with Crippen molar-refractivity contribution in [3.8, 4) is 0 Å². The predicted molar refractivity (Wildman–Crippen MR) is 71.4 cm³/mol. The molecular formula is C12H21N3O3S. The molecule has 0 saturated heterocycles. The second-order valence-corrected chi connectivity index (χ2v) is 7.59. The molecule has 2 rings (SSSR count). The Morgan fingerprint density at radius 2 is 2.16 bits per heavy atom. The standard InChI is InChI=1S/C12H21N3O3S/c1-4-13-10(9-5-6-9)7-11-14-12(15-18-11)8(2)19(3,16)17/h8-10,13H,4-7H2,1-3H3. The van der Waals surface area contributed by atoms with Gasteiger partial charge >= 0.3 is 0 Å². The minimum atomic E-state index is -3.19. The third-order valence-electron chi connectivity index (χ3n) is 3.54. The summed E-state index contributed by atoms with van der Waals surface area (Å²) in [4.78, 5) is 4.21. The molecule has 6 nitrogen and oxygen atoms in total. The second-order valence-electron chi connectivity index (χ2n) is 5.22. The normalized spacial score (nSPS) is 19.3. The number of likely N-dealkylation sites (N-methyl/N-ethyl adjacent to an activating group) is 1. The molecule has 7 heteroatoms. The fraction of sp³-hybridized carbons (Fsp3) is 0.833. The van der Waals surface area contributed by atoms with E-state index in [1.165, 1.54) is 19.1 Å². The van der Waals surface area contributed by atoms with E-state index in [0.29, 0.717) is 24.3 Å². The molecule has 2 atom stereocenters. The molecule has 0 radical (unpaired) electrons. The van der Waals surface area contributed by atoms with Gasteiger partial charge in [-0.1, -0.05) is 12.1 Å². The van der Waals surface area contributed by atoms with E-state index in [-0.39, 0.29) is 5.82 Å². The largest absolute Gasteiger partial charge is 0.339 e. The van der Waals surface area contributed by atoms with Crippen LogP contribution in [0.15, 0.2) is 4.52 Å². The monoisotopic (exact) mass is 287 g/mol. The molecule has 19 heavy (non-hydrogen) atoms. The zero-order valence-electron chi connectivity index (χ0n) is 11.6. The van der Waals surface area contributed by atoms with Gasteiger partial charge in [-0.3, -0.25) is 0 Å². The third-order valence-corrected chi connectivity index (χ3v) is 5.04. The van der Waals surface area contributed by atoms with Crippen molar-refractivity contribution in [3.63, 3.8) is 0 Å². The van der Waals surface area contributed by atoms with E-state index in [1.54, 1.807) is 6.92 Å². The quantitative estimate of drug-likeness (QED) is 0.808. The highest BCUT2D eigenvalue weighted by atomic mass is 32.2. The first kappa shape index (κ1) is 14.5. The van der Waals surface area contributed by atoms with Crippen LogP contribution in [-0.4, -0.2) is 37.4 Å². The number of nitrogens with one attached hydrogen (secondary N) is 1. The number of rotatable bonds is 7. The van der Waals surface area contributed by atoms with Crippen LogP contribution in [0, 0.1) is 5.92 Å². The molecule has 1 fully saturated rings. The molecule has 0 amide bonds. The van der Waals surface area contributed by atoms with Crippen molar-refractivity contribution in [2.75, 3.05) is 12.8 Å². The zero-order chi connectivity index (χ0) is 14.0. The highest BCUT2D eigenvalue weighted by molar-refractivity contribution is 7.90. The summed E-state index contributed by atoms with van der Waals surface area (Å²) in [6, 6.07) is 0.354. The summed E-state index contributed by atoms with van der Waals surface area (Å²) >= 11 is 0. The van der Waals surface area contributed by atoms with Crippen molar-refractivity contribution in [2.45, 2.75) is 44.4 Å². The van der Waals surface area contributed by atoms with Crippen LogP contribution in [0.2, 0.25) is 0 Å². The van der Waals surface area contributed by atoms with E-state index < -0.39 is 15.1 Å².